The molecule has 0 spiro atoms. The molecule has 0 saturated carbocycles. The predicted molar refractivity (Wildman–Crippen MR) is 34.7 cm³/mol. The molecule has 0 aromatic rings. The Kier molecular flexibility index (Phi) is 1.33. The van der Waals surface area contributed by atoms with E-state index in [1.54, 1.807) is 0 Å². The van der Waals surface area contributed by atoms with Gasteiger partial charge in [-0.3, -0.25) is 9.59 Å². The van der Waals surface area contributed by atoms with Crippen molar-refractivity contribution in [3.8, 4) is 0 Å². The summed E-state index contributed by atoms with van der Waals surface area (Å²) >= 11 is 0. The van der Waals surface area contributed by atoms with Gasteiger partial charge < -0.3 is 5.73 Å². The number of hydrogen-bond acceptors (Lipinski definition) is 3. The lowest BCUT2D eigenvalue weighted by Gasteiger charge is -2.00. The van der Waals surface area contributed by atoms with Crippen LogP contribution in [0.5, 0.6) is 0 Å². The maximum Gasteiger partial charge on any atom is 0.312 e. The molecule has 10 heavy (non-hydrogen) atoms. The van der Waals surface area contributed by atoms with Gasteiger partial charge in [-0.25, -0.2) is 4.99 Å². The standard InChI is InChI=1S/C5H5N3O2/c1-2-4(9)8-3(6)5(10)7-2/h1H3,(H2,6,8,9). The van der Waals surface area contributed by atoms with Gasteiger partial charge in [0.2, 0.25) is 0 Å². The van der Waals surface area contributed by atoms with Gasteiger partial charge in [-0.15, -0.1) is 0 Å². The molecule has 52 valence electrons. The highest BCUT2D eigenvalue weighted by molar-refractivity contribution is 6.53. The quantitative estimate of drug-likeness (QED) is 0.460. The average Bonchev–Trinajstić information content (AvgIpc) is 1.84. The van der Waals surface area contributed by atoms with Crippen molar-refractivity contribution in [2.75, 3.05) is 0 Å². The van der Waals surface area contributed by atoms with Gasteiger partial charge in [0, 0.05) is 0 Å². The van der Waals surface area contributed by atoms with Crippen molar-refractivity contribution in [2.24, 2.45) is 15.7 Å². The fourth-order valence-electron chi connectivity index (χ4n) is 0.496. The molecule has 0 aromatic carbocycles. The SMILES string of the molecule is CC1=NC(=O)C(N)=NC1=O. The van der Waals surface area contributed by atoms with E-state index in [1.807, 2.05) is 0 Å². The van der Waals surface area contributed by atoms with Crippen molar-refractivity contribution in [1.82, 2.24) is 0 Å². The average molecular weight is 139 g/mol. The Labute approximate surface area is 56.6 Å². The van der Waals surface area contributed by atoms with E-state index in [9.17, 15) is 9.59 Å². The normalized spacial score (nSPS) is 18.5. The zero-order chi connectivity index (χ0) is 7.72. The van der Waals surface area contributed by atoms with Crippen LogP contribution in [0, 0.1) is 0 Å². The molecule has 0 saturated heterocycles. The predicted octanol–water partition coefficient (Wildman–Crippen LogP) is -1.13. The second kappa shape index (κ2) is 2.02. The Bertz CT molecular complexity index is 236. The van der Waals surface area contributed by atoms with Crippen molar-refractivity contribution in [2.45, 2.75) is 6.92 Å². The highest BCUT2D eigenvalue weighted by atomic mass is 16.2. The molecule has 2 N–H and O–H groups in total. The molecule has 1 aliphatic heterocycles. The second-order valence-corrected chi connectivity index (χ2v) is 1.80. The van der Waals surface area contributed by atoms with Crippen LogP contribution in [-0.2, 0) is 9.59 Å². The van der Waals surface area contributed by atoms with E-state index in [4.69, 9.17) is 5.73 Å². The van der Waals surface area contributed by atoms with E-state index >= 15 is 0 Å². The summed E-state index contributed by atoms with van der Waals surface area (Å²) in [6, 6.07) is 0. The summed E-state index contributed by atoms with van der Waals surface area (Å²) in [6.07, 6.45) is 0. The van der Waals surface area contributed by atoms with E-state index in [0.29, 0.717) is 0 Å². The van der Waals surface area contributed by atoms with Crippen molar-refractivity contribution >= 4 is 23.4 Å². The molecular weight excluding hydrogens is 134 g/mol. The molecule has 1 heterocycles. The lowest BCUT2D eigenvalue weighted by atomic mass is 10.3. The van der Waals surface area contributed by atoms with E-state index in [-0.39, 0.29) is 11.5 Å². The molecule has 0 unspecified atom stereocenters. The molecule has 0 fully saturated rings. The van der Waals surface area contributed by atoms with Crippen LogP contribution in [0.3, 0.4) is 0 Å². The van der Waals surface area contributed by atoms with Crippen molar-refractivity contribution in [3.05, 3.63) is 0 Å². The Balaban J connectivity index is 3.03. The Morgan fingerprint density at radius 3 is 2.30 bits per heavy atom. The molecule has 0 radical (unpaired) electrons. The van der Waals surface area contributed by atoms with Crippen LogP contribution in [0.4, 0.5) is 0 Å². The smallest absolute Gasteiger partial charge is 0.312 e. The van der Waals surface area contributed by atoms with E-state index in [2.05, 4.69) is 9.98 Å². The number of amidine groups is 1. The highest BCUT2D eigenvalue weighted by Crippen LogP contribution is 1.92. The number of carbonyl (C=O) groups is 2. The summed E-state index contributed by atoms with van der Waals surface area (Å²) in [5.41, 5.74) is 5.09. The van der Waals surface area contributed by atoms with Gasteiger partial charge in [0.05, 0.1) is 0 Å². The fourth-order valence-corrected chi connectivity index (χ4v) is 0.496. The number of nitrogens with zero attached hydrogens (tertiary/aromatic N) is 2. The first-order valence-electron chi connectivity index (χ1n) is 2.59. The van der Waals surface area contributed by atoms with Crippen LogP contribution < -0.4 is 5.73 Å². The van der Waals surface area contributed by atoms with Crippen LogP contribution in [0.1, 0.15) is 6.92 Å². The third-order valence-corrected chi connectivity index (χ3v) is 1.02. The first-order chi connectivity index (χ1) is 4.61. The van der Waals surface area contributed by atoms with Crippen LogP contribution in [-0.4, -0.2) is 23.4 Å². The molecule has 2 amide bonds. The minimum Gasteiger partial charge on any atom is -0.379 e. The van der Waals surface area contributed by atoms with Crippen LogP contribution in [0.15, 0.2) is 9.98 Å². The van der Waals surface area contributed by atoms with Gasteiger partial charge in [0.1, 0.15) is 5.71 Å². The Hall–Kier alpha value is -1.52. The highest BCUT2D eigenvalue weighted by Gasteiger charge is 2.17. The summed E-state index contributed by atoms with van der Waals surface area (Å²) in [7, 11) is 0. The molecule has 1 rings (SSSR count). The minimum absolute atomic E-state index is 0.0826. The molecule has 5 heteroatoms. The summed E-state index contributed by atoms with van der Waals surface area (Å²) < 4.78 is 0. The summed E-state index contributed by atoms with van der Waals surface area (Å²) in [4.78, 5) is 27.7. The fraction of sp³-hybridized carbons (Fsp3) is 0.200. The molecule has 0 aliphatic carbocycles. The van der Waals surface area contributed by atoms with Crippen molar-refractivity contribution in [1.29, 1.82) is 0 Å². The molecule has 0 bridgehead atoms. The maximum absolute atomic E-state index is 10.6. The number of aliphatic imine (C=N–C) groups is 2. The summed E-state index contributed by atoms with van der Waals surface area (Å²) in [6.45, 7) is 1.41. The van der Waals surface area contributed by atoms with E-state index in [1.165, 1.54) is 6.92 Å². The van der Waals surface area contributed by atoms with Gasteiger partial charge >= 0.3 is 5.91 Å². The molecular formula is C5H5N3O2. The zero-order valence-corrected chi connectivity index (χ0v) is 5.29. The molecule has 0 aromatic heterocycles. The van der Waals surface area contributed by atoms with Gasteiger partial charge in [-0.05, 0) is 6.92 Å². The summed E-state index contributed by atoms with van der Waals surface area (Å²) in [5.74, 6) is -1.52. The van der Waals surface area contributed by atoms with Gasteiger partial charge in [-0.2, -0.15) is 4.99 Å². The number of hydrogen-bond donors (Lipinski definition) is 1. The lowest BCUT2D eigenvalue weighted by Crippen LogP contribution is -2.30. The number of nitrogens with two attached hydrogens (primary N) is 1. The van der Waals surface area contributed by atoms with Crippen molar-refractivity contribution < 1.29 is 9.59 Å². The first kappa shape index (κ1) is 6.60. The number of carbonyl (C=O) groups excluding carboxylic acids is 2. The Morgan fingerprint density at radius 1 is 1.20 bits per heavy atom. The van der Waals surface area contributed by atoms with Gasteiger partial charge in [0.15, 0.2) is 5.84 Å². The monoisotopic (exact) mass is 139 g/mol. The molecule has 1 aliphatic rings. The summed E-state index contributed by atoms with van der Waals surface area (Å²) in [5, 5.41) is 0. The molecule has 5 nitrogen and oxygen atoms in total. The van der Waals surface area contributed by atoms with Crippen molar-refractivity contribution in [3.63, 3.8) is 0 Å². The van der Waals surface area contributed by atoms with Crippen LogP contribution in [0.2, 0.25) is 0 Å². The number of amides is 2. The Morgan fingerprint density at radius 2 is 1.80 bits per heavy atom. The largest absolute Gasteiger partial charge is 0.379 e. The zero-order valence-electron chi connectivity index (χ0n) is 5.29. The third kappa shape index (κ3) is 0.928. The topological polar surface area (TPSA) is 84.9 Å². The lowest BCUT2D eigenvalue weighted by molar-refractivity contribution is -0.115. The first-order valence-corrected chi connectivity index (χ1v) is 2.59. The maximum atomic E-state index is 10.6. The van der Waals surface area contributed by atoms with E-state index < -0.39 is 11.8 Å². The second-order valence-electron chi connectivity index (χ2n) is 1.80. The third-order valence-electron chi connectivity index (χ3n) is 1.02. The van der Waals surface area contributed by atoms with Gasteiger partial charge in [-0.1, -0.05) is 0 Å². The molecule has 0 atom stereocenters. The van der Waals surface area contributed by atoms with Gasteiger partial charge in [0.25, 0.3) is 5.91 Å². The number of rotatable bonds is 0. The minimum atomic E-state index is -0.642. The van der Waals surface area contributed by atoms with Crippen LogP contribution >= 0.6 is 0 Å². The van der Waals surface area contributed by atoms with Crippen LogP contribution in [0.25, 0.3) is 0 Å². The van der Waals surface area contributed by atoms with E-state index in [0.717, 1.165) is 0 Å².